The predicted molar refractivity (Wildman–Crippen MR) is 58.0 cm³/mol. The van der Waals surface area contributed by atoms with Gasteiger partial charge in [-0.3, -0.25) is 0 Å². The van der Waals surface area contributed by atoms with Gasteiger partial charge in [0, 0.05) is 11.6 Å². The highest BCUT2D eigenvalue weighted by molar-refractivity contribution is 5.48. The first kappa shape index (κ1) is 12.7. The molecule has 4 N–H and O–H groups in total. The summed E-state index contributed by atoms with van der Waals surface area (Å²) in [4.78, 5) is 0. The van der Waals surface area contributed by atoms with Gasteiger partial charge in [-0.15, -0.1) is 0 Å². The average molecular weight is 229 g/mol. The maximum Gasteiger partial charge on any atom is 0.207 e. The van der Waals surface area contributed by atoms with Gasteiger partial charge in [0.15, 0.2) is 11.5 Å². The highest BCUT2D eigenvalue weighted by Gasteiger charge is 2.23. The monoisotopic (exact) mass is 229 g/mol. The van der Waals surface area contributed by atoms with E-state index in [0.29, 0.717) is 5.56 Å². The smallest absolute Gasteiger partial charge is 0.207 e. The third-order valence-electron chi connectivity index (χ3n) is 2.43. The molecule has 1 aromatic carbocycles. The van der Waals surface area contributed by atoms with E-state index in [0.717, 1.165) is 0 Å². The number of hydrogen-bond donors (Lipinski definition) is 3. The van der Waals surface area contributed by atoms with Crippen LogP contribution in [0.1, 0.15) is 24.2 Å². The minimum Gasteiger partial charge on any atom is -0.504 e. The predicted octanol–water partition coefficient (Wildman–Crippen LogP) is 1.23. The van der Waals surface area contributed by atoms with Gasteiger partial charge in [0.25, 0.3) is 0 Å². The average Bonchev–Trinajstić information content (AvgIpc) is 2.23. The molecule has 0 aliphatic heterocycles. The highest BCUT2D eigenvalue weighted by Crippen LogP contribution is 2.36. The van der Waals surface area contributed by atoms with E-state index in [-0.39, 0.29) is 11.3 Å². The quantitative estimate of drug-likeness (QED) is 0.728. The van der Waals surface area contributed by atoms with Crippen LogP contribution in [0.5, 0.6) is 11.5 Å². The zero-order valence-electron chi connectivity index (χ0n) is 9.49. The molecule has 0 radical (unpaired) electrons. The van der Waals surface area contributed by atoms with E-state index in [1.807, 2.05) is 0 Å². The Morgan fingerprint density at radius 2 is 2.06 bits per heavy atom. The Morgan fingerprint density at radius 3 is 2.50 bits per heavy atom. The number of aromatic hydroxyl groups is 1. The Bertz CT molecular complexity index is 393. The standard InChI is InChI=1S/C11H16FNO3/c1-5-4-7(9(14)6(2)13)10(15)8(12)11(5)16-3/h4,6,9,14-15H,13H2,1-3H3. The second kappa shape index (κ2) is 4.67. The van der Waals surface area contributed by atoms with Gasteiger partial charge in [-0.05, 0) is 25.5 Å². The second-order valence-electron chi connectivity index (χ2n) is 3.78. The Kier molecular flexibility index (Phi) is 3.72. The minimum atomic E-state index is -1.11. The molecular formula is C11H16FNO3. The summed E-state index contributed by atoms with van der Waals surface area (Å²) >= 11 is 0. The summed E-state index contributed by atoms with van der Waals surface area (Å²) in [5, 5.41) is 19.3. The molecule has 0 aromatic heterocycles. The normalized spacial score (nSPS) is 14.6. The number of aliphatic hydroxyl groups excluding tert-OH is 1. The van der Waals surface area contributed by atoms with E-state index in [2.05, 4.69) is 0 Å². The summed E-state index contributed by atoms with van der Waals surface area (Å²) in [7, 11) is 1.31. The van der Waals surface area contributed by atoms with Gasteiger partial charge < -0.3 is 20.7 Å². The van der Waals surface area contributed by atoms with Crippen molar-refractivity contribution in [3.05, 3.63) is 23.0 Å². The summed E-state index contributed by atoms with van der Waals surface area (Å²) in [5.41, 5.74) is 6.06. The molecule has 0 heterocycles. The Morgan fingerprint density at radius 1 is 1.50 bits per heavy atom. The molecule has 1 rings (SSSR count). The zero-order valence-corrected chi connectivity index (χ0v) is 9.49. The van der Waals surface area contributed by atoms with Crippen LogP contribution in [0.25, 0.3) is 0 Å². The summed E-state index contributed by atoms with van der Waals surface area (Å²) < 4.78 is 18.4. The lowest BCUT2D eigenvalue weighted by Gasteiger charge is -2.18. The lowest BCUT2D eigenvalue weighted by Crippen LogP contribution is -2.24. The number of nitrogens with two attached hydrogens (primary N) is 1. The van der Waals surface area contributed by atoms with Crippen molar-refractivity contribution < 1.29 is 19.3 Å². The molecule has 16 heavy (non-hydrogen) atoms. The van der Waals surface area contributed by atoms with Gasteiger partial charge >= 0.3 is 0 Å². The third-order valence-corrected chi connectivity index (χ3v) is 2.43. The number of hydrogen-bond acceptors (Lipinski definition) is 4. The maximum absolute atomic E-state index is 13.6. The molecule has 0 saturated heterocycles. The number of phenolic OH excluding ortho intramolecular Hbond substituents is 1. The molecule has 0 spiro atoms. The molecule has 5 heteroatoms. The first-order valence-corrected chi connectivity index (χ1v) is 4.89. The zero-order chi connectivity index (χ0) is 12.5. The topological polar surface area (TPSA) is 75.7 Å². The SMILES string of the molecule is COc1c(C)cc(C(O)C(C)N)c(O)c1F. The van der Waals surface area contributed by atoms with Crippen molar-refractivity contribution in [2.45, 2.75) is 26.0 Å². The number of phenols is 1. The van der Waals surface area contributed by atoms with Gasteiger partial charge in [-0.2, -0.15) is 4.39 Å². The Labute approximate surface area is 93.5 Å². The van der Waals surface area contributed by atoms with Crippen molar-refractivity contribution >= 4 is 0 Å². The van der Waals surface area contributed by atoms with Gasteiger partial charge in [0.05, 0.1) is 13.2 Å². The number of aryl methyl sites for hydroxylation is 1. The molecule has 2 atom stereocenters. The molecule has 0 aliphatic rings. The van der Waals surface area contributed by atoms with Crippen molar-refractivity contribution in [3.63, 3.8) is 0 Å². The van der Waals surface area contributed by atoms with E-state index >= 15 is 0 Å². The number of ether oxygens (including phenoxy) is 1. The van der Waals surface area contributed by atoms with Gasteiger partial charge in [0.1, 0.15) is 0 Å². The number of halogens is 1. The largest absolute Gasteiger partial charge is 0.504 e. The number of rotatable bonds is 3. The summed E-state index contributed by atoms with van der Waals surface area (Å²) in [6.45, 7) is 3.19. The molecule has 0 saturated carbocycles. The van der Waals surface area contributed by atoms with Crippen molar-refractivity contribution in [1.29, 1.82) is 0 Å². The first-order chi connectivity index (χ1) is 7.40. The van der Waals surface area contributed by atoms with Crippen LogP contribution in [-0.2, 0) is 0 Å². The summed E-state index contributed by atoms with van der Waals surface area (Å²) in [5.74, 6) is -1.53. The Balaban J connectivity index is 3.34. The van der Waals surface area contributed by atoms with Gasteiger partial charge in [-0.25, -0.2) is 0 Å². The van der Waals surface area contributed by atoms with Crippen molar-refractivity contribution in [3.8, 4) is 11.5 Å². The number of aliphatic hydroxyl groups is 1. The molecular weight excluding hydrogens is 213 g/mol. The number of benzene rings is 1. The van der Waals surface area contributed by atoms with Crippen molar-refractivity contribution in [1.82, 2.24) is 0 Å². The third kappa shape index (κ3) is 2.10. The molecule has 0 amide bonds. The molecule has 0 fully saturated rings. The lowest BCUT2D eigenvalue weighted by molar-refractivity contribution is 0.148. The minimum absolute atomic E-state index is 0.0295. The van der Waals surface area contributed by atoms with E-state index in [4.69, 9.17) is 10.5 Å². The van der Waals surface area contributed by atoms with Crippen LogP contribution < -0.4 is 10.5 Å². The van der Waals surface area contributed by atoms with Gasteiger partial charge in [-0.1, -0.05) is 0 Å². The molecule has 0 aliphatic carbocycles. The summed E-state index contributed by atoms with van der Waals surface area (Å²) in [6, 6.07) is 0.865. The first-order valence-electron chi connectivity index (χ1n) is 4.89. The second-order valence-corrected chi connectivity index (χ2v) is 3.78. The highest BCUT2D eigenvalue weighted by atomic mass is 19.1. The molecule has 0 bridgehead atoms. The fourth-order valence-electron chi connectivity index (χ4n) is 1.53. The van der Waals surface area contributed by atoms with Crippen LogP contribution in [0.15, 0.2) is 6.07 Å². The number of methoxy groups -OCH3 is 1. The van der Waals surface area contributed by atoms with E-state index < -0.39 is 23.7 Å². The molecule has 4 nitrogen and oxygen atoms in total. The van der Waals surface area contributed by atoms with Gasteiger partial charge in [0.2, 0.25) is 5.82 Å². The Hall–Kier alpha value is -1.33. The maximum atomic E-state index is 13.6. The molecule has 90 valence electrons. The van der Waals surface area contributed by atoms with Crippen LogP contribution in [0, 0.1) is 12.7 Å². The molecule has 1 aromatic rings. The van der Waals surface area contributed by atoms with Crippen LogP contribution in [-0.4, -0.2) is 23.4 Å². The van der Waals surface area contributed by atoms with E-state index in [1.165, 1.54) is 13.2 Å². The van der Waals surface area contributed by atoms with Crippen LogP contribution >= 0.6 is 0 Å². The summed E-state index contributed by atoms with van der Waals surface area (Å²) in [6.07, 6.45) is -1.11. The lowest BCUT2D eigenvalue weighted by atomic mass is 10.00. The molecule has 2 unspecified atom stereocenters. The van der Waals surface area contributed by atoms with E-state index in [9.17, 15) is 14.6 Å². The van der Waals surface area contributed by atoms with Crippen molar-refractivity contribution in [2.75, 3.05) is 7.11 Å². The fraction of sp³-hybridized carbons (Fsp3) is 0.455. The van der Waals surface area contributed by atoms with E-state index in [1.54, 1.807) is 13.8 Å². The van der Waals surface area contributed by atoms with Crippen LogP contribution in [0.3, 0.4) is 0 Å². The van der Waals surface area contributed by atoms with Crippen LogP contribution in [0.4, 0.5) is 4.39 Å². The van der Waals surface area contributed by atoms with Crippen molar-refractivity contribution in [2.24, 2.45) is 5.73 Å². The fourth-order valence-corrected chi connectivity index (χ4v) is 1.53. The van der Waals surface area contributed by atoms with Crippen LogP contribution in [0.2, 0.25) is 0 Å².